The third kappa shape index (κ3) is 19.4. The molecule has 8 N–H and O–H groups in total. The van der Waals surface area contributed by atoms with Crippen LogP contribution < -0.4 is 42.5 Å². The number of carbonyl (C=O) groups excluding carboxylic acids is 7. The van der Waals surface area contributed by atoms with Crippen LogP contribution in [0, 0.1) is 11.8 Å². The summed E-state index contributed by atoms with van der Waals surface area (Å²) in [6.45, 7) is 7.16. The van der Waals surface area contributed by atoms with Gasteiger partial charge in [0, 0.05) is 69.8 Å². The summed E-state index contributed by atoms with van der Waals surface area (Å²) in [5, 5.41) is 43.0. The average molecular weight is 1340 g/mol. The smallest absolute Gasteiger partial charge is 0.246 e. The first-order valence-electron chi connectivity index (χ1n) is 36.0. The maximum Gasteiger partial charge on any atom is 0.246 e. The summed E-state index contributed by atoms with van der Waals surface area (Å²) in [6, 6.07) is 33.7. The number of carbonyl (C=O) groups is 7. The van der Waals surface area contributed by atoms with Crippen molar-refractivity contribution in [2.24, 2.45) is 11.8 Å². The molecule has 0 saturated carbocycles. The van der Waals surface area contributed by atoms with E-state index in [0.29, 0.717) is 103 Å². The SMILES string of the molecule is CC[C@H](NC)C(=O)N[C@@H]1C(=O)N2[C@@H](CC[C@@H]1CNC(=O)CCc1cn(CCCCc3ccc(CCCCn4cc([C@@H](NC(=O)[C@@H]5CC[C@@H]6CC[C@H](CCNCc7ccccc7)[C@H](NC(=O)[C@H](CC)NC)C(=O)N65)c5ccccc5)nn4)cc3)nn1)CC[C@H]2C(=O)NCc1ccccc1. The van der Waals surface area contributed by atoms with Gasteiger partial charge in [0.25, 0.3) is 0 Å². The van der Waals surface area contributed by atoms with Crippen LogP contribution in [0.3, 0.4) is 0 Å². The van der Waals surface area contributed by atoms with Crippen LogP contribution in [0.25, 0.3) is 0 Å². The quantitative estimate of drug-likeness (QED) is 0.0207. The van der Waals surface area contributed by atoms with Gasteiger partial charge in [-0.2, -0.15) is 0 Å². The second-order valence-electron chi connectivity index (χ2n) is 27.1. The molecule has 98 heavy (non-hydrogen) atoms. The normalized spacial score (nSPS) is 21.6. The summed E-state index contributed by atoms with van der Waals surface area (Å²) in [4.78, 5) is 102. The van der Waals surface area contributed by atoms with Crippen LogP contribution in [0.4, 0.5) is 0 Å². The van der Waals surface area contributed by atoms with Gasteiger partial charge >= 0.3 is 0 Å². The molecule has 10 rings (SSSR count). The van der Waals surface area contributed by atoms with Gasteiger partial charge in [-0.15, -0.1) is 10.2 Å². The first-order chi connectivity index (χ1) is 47.8. The molecule has 6 heterocycles. The zero-order valence-corrected chi connectivity index (χ0v) is 57.6. The van der Waals surface area contributed by atoms with Gasteiger partial charge in [-0.1, -0.05) is 140 Å². The highest BCUT2D eigenvalue weighted by Crippen LogP contribution is 2.37. The van der Waals surface area contributed by atoms with Crippen molar-refractivity contribution < 1.29 is 33.6 Å². The molecule has 0 unspecified atom stereocenters. The predicted molar refractivity (Wildman–Crippen MR) is 374 cm³/mol. The van der Waals surface area contributed by atoms with Crippen LogP contribution in [0.15, 0.2) is 128 Å². The zero-order chi connectivity index (χ0) is 68.8. The number of hydrogen-bond donors (Lipinski definition) is 8. The van der Waals surface area contributed by atoms with E-state index >= 15 is 0 Å². The molecule has 4 aromatic carbocycles. The standard InChI is InChI=1S/C75H102N16O7/c1-5-61(76-3)70(93)82-68-56(42-43-78-46-53-22-10-7-11-23-53)32-35-59-38-40-65(91(59)74(68)97)73(96)81-67(55-26-14-9-15-27-55)63-50-89(87-85-63)45-19-17-21-52-30-28-51(29-31-52)20-16-18-44-88-49-58(84-86-88)34-41-66(92)79-48-57-33-36-60-37-39-64(72(95)80-47-54-24-12-8-13-25-54)90(60)75(98)69(57)83-71(94)62(6-2)77-4/h7-15,22-31,49-50,56-57,59-62,64-65,67-69,76-78H,5-6,16-21,32-48H2,1-4H3,(H,79,92)(H,80,95)(H,81,96)(H,82,93)(H,83,94)/t56-,57-,59+,60+,61+,62+,64+,65+,67+,68+,69+/m1/s1. The number of rotatable bonds is 35. The van der Waals surface area contributed by atoms with Crippen molar-refractivity contribution in [2.75, 3.05) is 27.2 Å². The lowest BCUT2D eigenvalue weighted by Gasteiger charge is -2.33. The molecule has 4 aliphatic heterocycles. The number of nitrogens with one attached hydrogen (secondary N) is 8. The van der Waals surface area contributed by atoms with Gasteiger partial charge in [-0.25, -0.2) is 0 Å². The van der Waals surface area contributed by atoms with Crippen molar-refractivity contribution in [2.45, 2.75) is 216 Å². The van der Waals surface area contributed by atoms with E-state index in [0.717, 1.165) is 68.2 Å². The van der Waals surface area contributed by atoms with E-state index in [1.54, 1.807) is 23.9 Å². The number of likely N-dealkylation sites (N-methyl/N-ethyl adjacent to an activating group) is 2. The second-order valence-corrected chi connectivity index (χ2v) is 27.1. The van der Waals surface area contributed by atoms with Gasteiger partial charge in [0.15, 0.2) is 0 Å². The molecular formula is C75H102N16O7. The monoisotopic (exact) mass is 1340 g/mol. The van der Waals surface area contributed by atoms with Gasteiger partial charge < -0.3 is 52.3 Å². The third-order valence-corrected chi connectivity index (χ3v) is 20.5. The lowest BCUT2D eigenvalue weighted by atomic mass is 9.90. The zero-order valence-electron chi connectivity index (χ0n) is 57.6. The number of amides is 7. The van der Waals surface area contributed by atoms with Gasteiger partial charge in [-0.3, -0.25) is 42.9 Å². The summed E-state index contributed by atoms with van der Waals surface area (Å²) < 4.78 is 3.67. The number of fused-ring (bicyclic) bond motifs is 2. The van der Waals surface area contributed by atoms with Gasteiger partial charge in [-0.05, 0) is 164 Å². The third-order valence-electron chi connectivity index (χ3n) is 20.5. The fourth-order valence-electron chi connectivity index (χ4n) is 14.8. The predicted octanol–water partition coefficient (Wildman–Crippen LogP) is 6.17. The minimum atomic E-state index is -0.903. The minimum Gasteiger partial charge on any atom is -0.356 e. The number of benzene rings is 4. The van der Waals surface area contributed by atoms with Crippen molar-refractivity contribution in [1.29, 1.82) is 0 Å². The Labute approximate surface area is 576 Å². The van der Waals surface area contributed by atoms with Crippen LogP contribution in [0.1, 0.15) is 162 Å². The number of unbranched alkanes of at least 4 members (excludes halogenated alkanes) is 2. The molecule has 0 bridgehead atoms. The van der Waals surface area contributed by atoms with Gasteiger partial charge in [0.2, 0.25) is 41.4 Å². The first kappa shape index (κ1) is 72.1. The Morgan fingerprint density at radius 3 is 1.61 bits per heavy atom. The Hall–Kier alpha value is -8.67. The van der Waals surface area contributed by atoms with Crippen LogP contribution in [0.2, 0.25) is 0 Å². The van der Waals surface area contributed by atoms with Crippen molar-refractivity contribution in [3.8, 4) is 0 Å². The lowest BCUT2D eigenvalue weighted by Crippen LogP contribution is -2.59. The fraction of sp³-hybridized carbons (Fsp3) is 0.533. The Kier molecular flexibility index (Phi) is 26.7. The van der Waals surface area contributed by atoms with E-state index in [-0.39, 0.29) is 78.2 Å². The molecule has 0 spiro atoms. The molecule has 7 amide bonds. The molecule has 23 heteroatoms. The molecular weight excluding hydrogens is 1240 g/mol. The average Bonchev–Trinajstić information content (AvgIpc) is 1.63. The fourth-order valence-corrected chi connectivity index (χ4v) is 14.8. The number of hydrogen-bond acceptors (Lipinski definition) is 14. The van der Waals surface area contributed by atoms with Crippen molar-refractivity contribution >= 4 is 41.4 Å². The number of aromatic nitrogens is 6. The Balaban J connectivity index is 0.646. The molecule has 0 radical (unpaired) electrons. The minimum absolute atomic E-state index is 0.0996. The largest absolute Gasteiger partial charge is 0.356 e. The van der Waals surface area contributed by atoms with Crippen molar-refractivity contribution in [3.05, 3.63) is 167 Å². The Bertz CT molecular complexity index is 3530. The molecule has 524 valence electrons. The van der Waals surface area contributed by atoms with Crippen LogP contribution >= 0.6 is 0 Å². The summed E-state index contributed by atoms with van der Waals surface area (Å²) in [5.74, 6) is -2.07. The summed E-state index contributed by atoms with van der Waals surface area (Å²) in [7, 11) is 3.47. The van der Waals surface area contributed by atoms with Crippen LogP contribution in [-0.2, 0) is 79.0 Å². The van der Waals surface area contributed by atoms with E-state index in [2.05, 4.69) is 99.6 Å². The Morgan fingerprint density at radius 2 is 1.04 bits per heavy atom. The van der Waals surface area contributed by atoms with E-state index in [4.69, 9.17) is 0 Å². The second kappa shape index (κ2) is 36.2. The Morgan fingerprint density at radius 1 is 0.531 bits per heavy atom. The van der Waals surface area contributed by atoms with Crippen molar-refractivity contribution in [1.82, 2.24) is 82.3 Å². The highest BCUT2D eigenvalue weighted by atomic mass is 16.2. The number of aryl methyl sites for hydroxylation is 5. The van der Waals surface area contributed by atoms with Crippen molar-refractivity contribution in [3.63, 3.8) is 0 Å². The molecule has 4 fully saturated rings. The summed E-state index contributed by atoms with van der Waals surface area (Å²) in [5.41, 5.74) is 6.88. The molecule has 23 nitrogen and oxygen atoms in total. The summed E-state index contributed by atoms with van der Waals surface area (Å²) in [6.07, 6.45) is 17.0. The highest BCUT2D eigenvalue weighted by molar-refractivity contribution is 5.95. The maximum absolute atomic E-state index is 14.9. The molecule has 2 aromatic heterocycles. The van der Waals surface area contributed by atoms with Gasteiger partial charge in [0.1, 0.15) is 29.9 Å². The lowest BCUT2D eigenvalue weighted by molar-refractivity contribution is -0.143. The maximum atomic E-state index is 14.9. The van der Waals surface area contributed by atoms with E-state index in [9.17, 15) is 33.6 Å². The first-order valence-corrected chi connectivity index (χ1v) is 36.0. The number of nitrogens with zero attached hydrogens (tertiary/aromatic N) is 8. The van der Waals surface area contributed by atoms with E-state index in [1.165, 1.54) is 16.7 Å². The molecule has 6 aromatic rings. The highest BCUT2D eigenvalue weighted by Gasteiger charge is 2.50. The molecule has 11 atom stereocenters. The molecule has 4 saturated heterocycles. The van der Waals surface area contributed by atoms with Crippen LogP contribution in [0.5, 0.6) is 0 Å². The molecule has 0 aliphatic carbocycles. The summed E-state index contributed by atoms with van der Waals surface area (Å²) >= 11 is 0. The molecule has 4 aliphatic rings. The van der Waals surface area contributed by atoms with Crippen LogP contribution in [-0.4, -0.2) is 157 Å². The van der Waals surface area contributed by atoms with E-state index in [1.807, 2.05) is 114 Å². The van der Waals surface area contributed by atoms with E-state index < -0.39 is 42.3 Å². The topological polar surface area (TPSA) is 284 Å². The van der Waals surface area contributed by atoms with Gasteiger partial charge in [0.05, 0.1) is 30.0 Å².